The number of fused-ring (bicyclic) bond motifs is 1. The van der Waals surface area contributed by atoms with Crippen LogP contribution in [0.2, 0.25) is 5.02 Å². The summed E-state index contributed by atoms with van der Waals surface area (Å²) in [7, 11) is 1.57. The summed E-state index contributed by atoms with van der Waals surface area (Å²) >= 11 is 6.15. The molecule has 3 aromatic carbocycles. The number of halogens is 2. The van der Waals surface area contributed by atoms with Gasteiger partial charge in [0.05, 0.1) is 6.20 Å². The Balaban J connectivity index is 1.23. The predicted octanol–water partition coefficient (Wildman–Crippen LogP) is 2.40. The van der Waals surface area contributed by atoms with Gasteiger partial charge in [-0.3, -0.25) is 0 Å². The van der Waals surface area contributed by atoms with Crippen molar-refractivity contribution in [2.45, 2.75) is 6.92 Å². The molecule has 0 radical (unpaired) electrons. The van der Waals surface area contributed by atoms with Crippen LogP contribution in [0.4, 0.5) is 28.8 Å². The van der Waals surface area contributed by atoms with Crippen LogP contribution in [-0.2, 0) is 9.59 Å². The summed E-state index contributed by atoms with van der Waals surface area (Å²) < 4.78 is 8.63. The number of hydrogen-bond donors (Lipinski definition) is 3. The van der Waals surface area contributed by atoms with Crippen molar-refractivity contribution in [1.82, 2.24) is 18.0 Å². The molecule has 0 bridgehead atoms. The number of alkyl halides is 1. The van der Waals surface area contributed by atoms with E-state index in [-0.39, 0.29) is 33.3 Å². The molecule has 5 rings (SSSR count). The molecule has 1 aliphatic heterocycles. The number of anilines is 5. The summed E-state index contributed by atoms with van der Waals surface area (Å²) in [5.74, 6) is 1.19. The Hall–Kier alpha value is -3.94. The van der Waals surface area contributed by atoms with Gasteiger partial charge < -0.3 is 5.32 Å². The van der Waals surface area contributed by atoms with E-state index in [1.807, 2.05) is 47.4 Å². The minimum absolute atomic E-state index is 0.123. The first-order valence-corrected chi connectivity index (χ1v) is 16.1. The van der Waals surface area contributed by atoms with Crippen molar-refractivity contribution >= 4 is 63.0 Å². The van der Waals surface area contributed by atoms with Gasteiger partial charge in [-0.15, -0.1) is 0 Å². The molecule has 0 aliphatic carbocycles. The zero-order chi connectivity index (χ0) is 29.5. The number of nitrogens with zero attached hydrogens (tertiary/aromatic N) is 4. The van der Waals surface area contributed by atoms with Crippen molar-refractivity contribution in [3.63, 3.8) is 0 Å². The molecule has 4 aromatic rings. The first-order chi connectivity index (χ1) is 20.4. The minimum Gasteiger partial charge on any atom is -0.339 e. The van der Waals surface area contributed by atoms with Crippen LogP contribution in [0.25, 0.3) is 10.8 Å². The fourth-order valence-electron chi connectivity index (χ4n) is 4.25. The van der Waals surface area contributed by atoms with Crippen LogP contribution in [0.1, 0.15) is 6.92 Å². The van der Waals surface area contributed by atoms with Crippen LogP contribution in [0.5, 0.6) is 5.75 Å². The number of amides is 2. The van der Waals surface area contributed by atoms with Crippen LogP contribution < -0.4 is 42.2 Å². The van der Waals surface area contributed by atoms with Gasteiger partial charge in [-0.1, -0.05) is 41.9 Å². The summed E-state index contributed by atoms with van der Waals surface area (Å²) in [4.78, 5) is 34.9. The van der Waals surface area contributed by atoms with Crippen molar-refractivity contribution in [3.8, 4) is 5.75 Å². The fraction of sp³-hybridized carbons (Fsp3) is 0.200. The van der Waals surface area contributed by atoms with Gasteiger partial charge in [0.15, 0.2) is 5.82 Å². The number of ether oxygens (including phenoxy) is 1. The molecule has 1 fully saturated rings. The maximum atomic E-state index is 12.6. The van der Waals surface area contributed by atoms with Crippen molar-refractivity contribution in [1.29, 1.82) is 0 Å². The Morgan fingerprint density at radius 1 is 1.05 bits per heavy atom. The standard InChI is InChI=1S/C30H30ClIN7O3/c1-20(40)38-14-15-39(32-19-38)13-5-8-28(41)34-24-11-12-27(42-2)26(17-24)36-30-33-18-25(31)29(37-30)35-23-10-9-21-6-3-4-7-22(21)16-23/h3-12,16-18H,13-15,19H2,1-2H3,(H,34,41)(H2,33,35,36,37)/q-1/b8-5+. The monoisotopic (exact) mass is 698 g/mol. The van der Waals surface area contributed by atoms with Gasteiger partial charge >= 0.3 is 168 Å². The number of rotatable bonds is 9. The topological polar surface area (TPSA) is 112 Å². The summed E-state index contributed by atoms with van der Waals surface area (Å²) in [6.45, 7) is 3.85. The molecule has 0 saturated carbocycles. The van der Waals surface area contributed by atoms with Crippen molar-refractivity contribution in [3.05, 3.63) is 84.0 Å². The van der Waals surface area contributed by atoms with E-state index in [0.717, 1.165) is 34.1 Å². The van der Waals surface area contributed by atoms with E-state index in [4.69, 9.17) is 16.3 Å². The van der Waals surface area contributed by atoms with Crippen LogP contribution in [0.15, 0.2) is 79.0 Å². The summed E-state index contributed by atoms with van der Waals surface area (Å²) in [6.07, 6.45) is 4.91. The molecule has 1 aromatic heterocycles. The van der Waals surface area contributed by atoms with E-state index in [2.05, 4.69) is 35.1 Å². The third-order valence-electron chi connectivity index (χ3n) is 6.47. The number of methoxy groups -OCH3 is 1. The minimum atomic E-state index is -0.260. The van der Waals surface area contributed by atoms with Crippen molar-refractivity contribution in [2.24, 2.45) is 0 Å². The SMILES string of the molecule is COc1ccc(NC(=O)/C=C/CN2CCN(C(C)=O)C[I-]2)cc1Nc1ncc(Cl)c(Nc2ccc3ccccc3c2)n1. The number of carbonyl (C=O) groups is 2. The molecule has 42 heavy (non-hydrogen) atoms. The zero-order valence-corrected chi connectivity index (χ0v) is 26.0. The quantitative estimate of drug-likeness (QED) is 0.0805. The average Bonchev–Trinajstić information content (AvgIpc) is 2.99. The predicted molar refractivity (Wildman–Crippen MR) is 162 cm³/mol. The Morgan fingerprint density at radius 3 is 2.62 bits per heavy atom. The second-order valence-corrected chi connectivity index (χ2v) is 12.5. The molecule has 3 N–H and O–H groups in total. The van der Waals surface area contributed by atoms with Gasteiger partial charge in [-0.05, 0) is 22.9 Å². The second-order valence-electron chi connectivity index (χ2n) is 9.40. The third kappa shape index (κ3) is 7.66. The van der Waals surface area contributed by atoms with Crippen LogP contribution in [-0.4, -0.2) is 61.1 Å². The molecule has 12 heteroatoms. The van der Waals surface area contributed by atoms with E-state index in [1.54, 1.807) is 32.2 Å². The molecule has 2 heterocycles. The fourth-order valence-corrected chi connectivity index (χ4v) is 7.07. The second kappa shape index (κ2) is 13.8. The van der Waals surface area contributed by atoms with Gasteiger partial charge in [0.2, 0.25) is 0 Å². The summed E-state index contributed by atoms with van der Waals surface area (Å²) in [5, 5.41) is 11.9. The van der Waals surface area contributed by atoms with E-state index in [9.17, 15) is 9.59 Å². The Bertz CT molecular complexity index is 1630. The summed E-state index contributed by atoms with van der Waals surface area (Å²) in [6, 6.07) is 19.4. The first kappa shape index (κ1) is 29.5. The Kier molecular flexibility index (Phi) is 9.72. The molecule has 0 spiro atoms. The van der Waals surface area contributed by atoms with E-state index in [0.29, 0.717) is 40.5 Å². The molecule has 0 unspecified atom stereocenters. The smallest absolute Gasteiger partial charge is 0.339 e. The molecule has 10 nitrogen and oxygen atoms in total. The van der Waals surface area contributed by atoms with Crippen LogP contribution >= 0.6 is 11.6 Å². The van der Waals surface area contributed by atoms with E-state index >= 15 is 0 Å². The molecule has 2 amide bonds. The van der Waals surface area contributed by atoms with Gasteiger partial charge in [0.25, 0.3) is 0 Å². The van der Waals surface area contributed by atoms with Crippen LogP contribution in [0, 0.1) is 0 Å². The van der Waals surface area contributed by atoms with Gasteiger partial charge in [0.1, 0.15) is 5.02 Å². The summed E-state index contributed by atoms with van der Waals surface area (Å²) in [5.41, 5.74) is 2.00. The maximum absolute atomic E-state index is 12.6. The first-order valence-electron chi connectivity index (χ1n) is 13.2. The average molecular weight is 699 g/mol. The Labute approximate surface area is 259 Å². The third-order valence-corrected chi connectivity index (χ3v) is 9.71. The van der Waals surface area contributed by atoms with Gasteiger partial charge in [0, 0.05) is 5.69 Å². The van der Waals surface area contributed by atoms with Gasteiger partial charge in [-0.25, -0.2) is 0 Å². The van der Waals surface area contributed by atoms with Gasteiger partial charge in [-0.2, -0.15) is 0 Å². The number of carbonyl (C=O) groups excluding carboxylic acids is 2. The molecule has 0 atom stereocenters. The van der Waals surface area contributed by atoms with Crippen molar-refractivity contribution < 1.29 is 35.8 Å². The molecule has 218 valence electrons. The zero-order valence-electron chi connectivity index (χ0n) is 23.1. The molecule has 1 saturated heterocycles. The van der Waals surface area contributed by atoms with E-state index < -0.39 is 0 Å². The number of nitrogens with one attached hydrogen (secondary N) is 3. The molecular formula is C30H30ClIN7O3-. The number of aromatic nitrogens is 2. The molecule has 1 aliphatic rings. The van der Waals surface area contributed by atoms with Crippen molar-refractivity contribution in [2.75, 3.05) is 47.2 Å². The van der Waals surface area contributed by atoms with E-state index in [1.165, 1.54) is 12.3 Å². The number of hydrogen-bond acceptors (Lipinski definition) is 8. The Morgan fingerprint density at radius 2 is 1.86 bits per heavy atom. The molecular weight excluding hydrogens is 669 g/mol. The van der Waals surface area contributed by atoms with Crippen LogP contribution in [0.3, 0.4) is 0 Å². The number of benzene rings is 3. The normalized spacial score (nSPS) is 13.9.